The highest BCUT2D eigenvalue weighted by Crippen LogP contribution is 2.20. The Kier molecular flexibility index (Phi) is 8.78. The van der Waals surface area contributed by atoms with Crippen LogP contribution < -0.4 is 21.7 Å². The predicted octanol–water partition coefficient (Wildman–Crippen LogP) is 0.613. The van der Waals surface area contributed by atoms with Gasteiger partial charge in [-0.3, -0.25) is 20.6 Å². The van der Waals surface area contributed by atoms with Crippen molar-refractivity contribution in [3.05, 3.63) is 36.0 Å². The highest BCUT2D eigenvalue weighted by Gasteiger charge is 2.27. The number of aromatic amines is 1. The minimum Gasteiger partial charge on any atom is -0.366 e. The predicted molar refractivity (Wildman–Crippen MR) is 114 cm³/mol. The van der Waals surface area contributed by atoms with Crippen molar-refractivity contribution < 1.29 is 14.7 Å². The first-order valence-electron chi connectivity index (χ1n) is 10.1. The minimum absolute atomic E-state index is 0.00593. The molecule has 1 unspecified atom stereocenters. The fourth-order valence-corrected chi connectivity index (χ4v) is 3.38. The molecule has 2 rings (SSSR count). The third-order valence-corrected chi connectivity index (χ3v) is 5.02. The van der Waals surface area contributed by atoms with E-state index in [0.29, 0.717) is 25.8 Å². The number of benzene rings is 1. The molecule has 0 aliphatic rings. The summed E-state index contributed by atoms with van der Waals surface area (Å²) in [5, 5.41) is 18.7. The van der Waals surface area contributed by atoms with Crippen molar-refractivity contribution in [1.29, 1.82) is 0 Å². The molecule has 0 aliphatic heterocycles. The molecule has 0 spiro atoms. The van der Waals surface area contributed by atoms with E-state index in [9.17, 15) is 9.59 Å². The fourth-order valence-electron chi connectivity index (χ4n) is 3.38. The van der Waals surface area contributed by atoms with E-state index in [4.69, 9.17) is 10.8 Å². The number of fused-ring (bicyclic) bond motifs is 1. The number of hydrogen-bond acceptors (Lipinski definition) is 6. The monoisotopic (exact) mass is 403 g/mol. The molecular weight excluding hydrogens is 370 g/mol. The van der Waals surface area contributed by atoms with Gasteiger partial charge in [0.15, 0.2) is 12.1 Å². The van der Waals surface area contributed by atoms with Crippen molar-refractivity contribution in [3.8, 4) is 0 Å². The maximum Gasteiger partial charge on any atom is 0.237 e. The molecule has 0 saturated heterocycles. The highest BCUT2D eigenvalue weighted by molar-refractivity contribution is 5.93. The molecule has 0 aliphatic carbocycles. The molecule has 0 fully saturated rings. The number of aromatic nitrogens is 1. The lowest BCUT2D eigenvalue weighted by Crippen LogP contribution is -2.51. The van der Waals surface area contributed by atoms with Gasteiger partial charge in [-0.25, -0.2) is 0 Å². The van der Waals surface area contributed by atoms with Gasteiger partial charge in [0.1, 0.15) is 0 Å². The van der Waals surface area contributed by atoms with Gasteiger partial charge in [0.2, 0.25) is 5.91 Å². The van der Waals surface area contributed by atoms with Crippen LogP contribution in [0.3, 0.4) is 0 Å². The van der Waals surface area contributed by atoms with Gasteiger partial charge in [-0.1, -0.05) is 32.0 Å². The number of nitrogens with two attached hydrogens (primary N) is 1. The summed E-state index contributed by atoms with van der Waals surface area (Å²) in [6, 6.07) is 6.88. The van der Waals surface area contributed by atoms with Gasteiger partial charge in [0.05, 0.1) is 12.1 Å². The molecule has 1 aromatic heterocycles. The molecule has 8 heteroatoms. The average Bonchev–Trinajstić information content (AvgIpc) is 3.09. The molecule has 7 N–H and O–H groups in total. The molecule has 3 atom stereocenters. The van der Waals surface area contributed by atoms with Crippen molar-refractivity contribution in [2.75, 3.05) is 13.6 Å². The van der Waals surface area contributed by atoms with Gasteiger partial charge in [-0.05, 0) is 38.1 Å². The Labute approximate surface area is 171 Å². The van der Waals surface area contributed by atoms with E-state index < -0.39 is 18.4 Å². The van der Waals surface area contributed by atoms with Crippen LogP contribution in [0.15, 0.2) is 30.5 Å². The zero-order chi connectivity index (χ0) is 21.4. The normalized spacial score (nSPS) is 14.7. The van der Waals surface area contributed by atoms with Crippen molar-refractivity contribution >= 4 is 22.6 Å². The smallest absolute Gasteiger partial charge is 0.237 e. The van der Waals surface area contributed by atoms with Crippen LogP contribution in [0, 0.1) is 5.92 Å². The van der Waals surface area contributed by atoms with Gasteiger partial charge in [0.25, 0.3) is 0 Å². The number of carbonyl (C=O) groups excluding carboxylic acids is 2. The van der Waals surface area contributed by atoms with E-state index in [1.807, 2.05) is 44.3 Å². The van der Waals surface area contributed by atoms with Gasteiger partial charge in [-0.2, -0.15) is 0 Å². The second kappa shape index (κ2) is 11.1. The maximum absolute atomic E-state index is 12.8. The summed E-state index contributed by atoms with van der Waals surface area (Å²) in [6.45, 7) is 4.18. The molecule has 1 amide bonds. The molecule has 29 heavy (non-hydrogen) atoms. The van der Waals surface area contributed by atoms with Crippen LogP contribution in [0.5, 0.6) is 0 Å². The van der Waals surface area contributed by atoms with Gasteiger partial charge < -0.3 is 20.7 Å². The minimum atomic E-state index is -1.07. The molecule has 8 nitrogen and oxygen atoms in total. The number of carbonyl (C=O) groups is 2. The van der Waals surface area contributed by atoms with Crippen LogP contribution in [0.2, 0.25) is 0 Å². The number of Topliss-reactive ketones (excluding diaryl/α,β-unsaturated/α-hetero) is 1. The number of H-pyrrole nitrogens is 1. The molecule has 1 aromatic carbocycles. The fraction of sp³-hybridized carbons (Fsp3) is 0.524. The van der Waals surface area contributed by atoms with Gasteiger partial charge in [-0.15, -0.1) is 0 Å². The largest absolute Gasteiger partial charge is 0.366 e. The SMILES string of the molecule is CN[C@@H](CCCNC(N)O)C(=O)N[C@@H](Cc1c[nH]c2ccccc12)C(=O)C(C)C. The van der Waals surface area contributed by atoms with Crippen molar-refractivity contribution in [1.82, 2.24) is 20.9 Å². The van der Waals surface area contributed by atoms with Crippen molar-refractivity contribution in [2.24, 2.45) is 11.7 Å². The molecule has 2 aromatic rings. The number of amides is 1. The lowest BCUT2D eigenvalue weighted by atomic mass is 9.95. The molecule has 1 heterocycles. The quantitative estimate of drug-likeness (QED) is 0.227. The Hall–Kier alpha value is -2.26. The lowest BCUT2D eigenvalue weighted by molar-refractivity contribution is -0.130. The summed E-state index contributed by atoms with van der Waals surface area (Å²) in [7, 11) is 1.72. The van der Waals surface area contributed by atoms with Crippen LogP contribution in [-0.2, 0) is 16.0 Å². The second-order valence-corrected chi connectivity index (χ2v) is 7.56. The van der Waals surface area contributed by atoms with Crippen molar-refractivity contribution in [2.45, 2.75) is 51.5 Å². The van der Waals surface area contributed by atoms with Crippen LogP contribution in [0.1, 0.15) is 32.3 Å². The number of para-hydroxylation sites is 1. The summed E-state index contributed by atoms with van der Waals surface area (Å²) in [5.74, 6) is -0.389. The third kappa shape index (κ3) is 6.64. The molecule has 0 radical (unpaired) electrons. The molecule has 0 saturated carbocycles. The van der Waals surface area contributed by atoms with E-state index >= 15 is 0 Å². The topological polar surface area (TPSA) is 132 Å². The van der Waals surface area contributed by atoms with E-state index in [1.165, 1.54) is 0 Å². The number of aliphatic hydroxyl groups excluding tert-OH is 1. The third-order valence-electron chi connectivity index (χ3n) is 5.02. The summed E-state index contributed by atoms with van der Waals surface area (Å²) < 4.78 is 0. The second-order valence-electron chi connectivity index (χ2n) is 7.56. The first kappa shape index (κ1) is 23.0. The highest BCUT2D eigenvalue weighted by atomic mass is 16.3. The van der Waals surface area contributed by atoms with Crippen LogP contribution >= 0.6 is 0 Å². The Morgan fingerprint density at radius 3 is 2.59 bits per heavy atom. The maximum atomic E-state index is 12.8. The molecular formula is C21H33N5O3. The first-order valence-corrected chi connectivity index (χ1v) is 10.1. The zero-order valence-corrected chi connectivity index (χ0v) is 17.4. The number of rotatable bonds is 12. The van der Waals surface area contributed by atoms with Crippen LogP contribution in [-0.4, -0.2) is 53.8 Å². The van der Waals surface area contributed by atoms with Crippen LogP contribution in [0.4, 0.5) is 0 Å². The number of likely N-dealkylation sites (N-methyl/N-ethyl adjacent to an activating group) is 1. The molecule has 160 valence electrons. The Balaban J connectivity index is 2.07. The Morgan fingerprint density at radius 1 is 1.21 bits per heavy atom. The Bertz CT molecular complexity index is 802. The summed E-state index contributed by atoms with van der Waals surface area (Å²) in [6.07, 6.45) is 2.47. The Morgan fingerprint density at radius 2 is 1.93 bits per heavy atom. The van der Waals surface area contributed by atoms with Gasteiger partial charge >= 0.3 is 0 Å². The van der Waals surface area contributed by atoms with E-state index in [2.05, 4.69) is 20.9 Å². The average molecular weight is 404 g/mol. The van der Waals surface area contributed by atoms with Crippen LogP contribution in [0.25, 0.3) is 10.9 Å². The van der Waals surface area contributed by atoms with E-state index in [-0.39, 0.29) is 17.6 Å². The lowest BCUT2D eigenvalue weighted by Gasteiger charge is -2.23. The standard InChI is InChI=1S/C21H33N5O3/c1-13(2)19(27)18(11-14-12-25-16-8-5-4-7-15(14)16)26-20(28)17(23-3)9-6-10-24-21(22)29/h4-5,7-8,12-13,17-18,21,23-25,29H,6,9-11,22H2,1-3H3,(H,26,28)/t17-,18-,21?/m0/s1. The van der Waals surface area contributed by atoms with Gasteiger partial charge in [0, 0.05) is 29.4 Å². The number of hydrogen-bond donors (Lipinski definition) is 6. The molecule has 0 bridgehead atoms. The summed E-state index contributed by atoms with van der Waals surface area (Å²) in [5.41, 5.74) is 7.25. The van der Waals surface area contributed by atoms with E-state index in [1.54, 1.807) is 7.05 Å². The number of aliphatic hydroxyl groups is 1. The number of nitrogens with one attached hydrogen (secondary N) is 4. The van der Waals surface area contributed by atoms with Crippen molar-refractivity contribution in [3.63, 3.8) is 0 Å². The first-order chi connectivity index (χ1) is 13.8. The zero-order valence-electron chi connectivity index (χ0n) is 17.4. The van der Waals surface area contributed by atoms with E-state index in [0.717, 1.165) is 16.5 Å². The summed E-state index contributed by atoms with van der Waals surface area (Å²) in [4.78, 5) is 28.8. The summed E-state index contributed by atoms with van der Waals surface area (Å²) >= 11 is 0. The number of ketones is 1.